The lowest BCUT2D eigenvalue weighted by molar-refractivity contribution is 0.293. The van der Waals surface area contributed by atoms with E-state index in [4.69, 9.17) is 0 Å². The van der Waals surface area contributed by atoms with Crippen LogP contribution < -0.4 is 0 Å². The molecule has 0 amide bonds. The van der Waals surface area contributed by atoms with Gasteiger partial charge in [-0.1, -0.05) is 58.4 Å². The fraction of sp³-hybridized carbons (Fsp3) is 0.692. The number of allylic oxidation sites excluding steroid dienone is 4. The third-order valence-electron chi connectivity index (χ3n) is 3.68. The first kappa shape index (κ1) is 12.0. The van der Waals surface area contributed by atoms with E-state index >= 15 is 0 Å². The zero-order chi connectivity index (χ0) is 10.9. The molecule has 0 heterocycles. The SMILES string of the molecule is CC(C)C1=CC=CC(C)(C(C)C)C1P. The molecule has 0 N–H and O–H groups in total. The van der Waals surface area contributed by atoms with Crippen LogP contribution in [0.15, 0.2) is 23.8 Å². The van der Waals surface area contributed by atoms with Crippen molar-refractivity contribution in [3.63, 3.8) is 0 Å². The van der Waals surface area contributed by atoms with E-state index in [0.717, 1.165) is 0 Å². The van der Waals surface area contributed by atoms with Crippen LogP contribution in [-0.2, 0) is 0 Å². The van der Waals surface area contributed by atoms with Gasteiger partial charge in [-0.3, -0.25) is 0 Å². The molecular weight excluding hydrogens is 187 g/mol. The molecule has 1 aliphatic carbocycles. The Morgan fingerprint density at radius 1 is 1.29 bits per heavy atom. The maximum Gasteiger partial charge on any atom is 0.00407 e. The zero-order valence-corrected chi connectivity index (χ0v) is 11.2. The average Bonchev–Trinajstić information content (AvgIpc) is 2.09. The number of hydrogen-bond donors (Lipinski definition) is 0. The van der Waals surface area contributed by atoms with Crippen molar-refractivity contribution in [1.82, 2.24) is 0 Å². The van der Waals surface area contributed by atoms with Crippen molar-refractivity contribution in [3.8, 4) is 0 Å². The summed E-state index contributed by atoms with van der Waals surface area (Å²) in [6.07, 6.45) is 6.88. The summed E-state index contributed by atoms with van der Waals surface area (Å²) in [4.78, 5) is 0. The Labute approximate surface area is 91.1 Å². The van der Waals surface area contributed by atoms with Gasteiger partial charge in [0.2, 0.25) is 0 Å². The number of rotatable bonds is 2. The molecule has 0 radical (unpaired) electrons. The van der Waals surface area contributed by atoms with Gasteiger partial charge in [0.1, 0.15) is 0 Å². The van der Waals surface area contributed by atoms with Gasteiger partial charge in [0, 0.05) is 5.66 Å². The molecule has 1 heteroatoms. The van der Waals surface area contributed by atoms with E-state index in [9.17, 15) is 0 Å². The van der Waals surface area contributed by atoms with E-state index in [1.54, 1.807) is 5.57 Å². The molecule has 0 nitrogen and oxygen atoms in total. The van der Waals surface area contributed by atoms with Gasteiger partial charge in [-0.2, -0.15) is 0 Å². The van der Waals surface area contributed by atoms with Crippen LogP contribution in [0.25, 0.3) is 0 Å². The van der Waals surface area contributed by atoms with Crippen LogP contribution in [0, 0.1) is 17.3 Å². The lowest BCUT2D eigenvalue weighted by Crippen LogP contribution is -2.35. The highest BCUT2D eigenvalue weighted by Crippen LogP contribution is 2.44. The summed E-state index contributed by atoms with van der Waals surface area (Å²) >= 11 is 0. The minimum absolute atomic E-state index is 0.305. The summed E-state index contributed by atoms with van der Waals surface area (Å²) in [5.41, 5.74) is 2.46. The lowest BCUT2D eigenvalue weighted by atomic mass is 9.70. The molecule has 14 heavy (non-hydrogen) atoms. The molecule has 0 saturated carbocycles. The first-order valence-corrected chi connectivity index (χ1v) is 6.21. The van der Waals surface area contributed by atoms with E-state index < -0.39 is 0 Å². The molecule has 0 spiro atoms. The Morgan fingerprint density at radius 2 is 1.86 bits per heavy atom. The Bertz CT molecular complexity index is 260. The molecule has 80 valence electrons. The molecule has 3 unspecified atom stereocenters. The summed E-state index contributed by atoms with van der Waals surface area (Å²) in [5, 5.41) is 0. The molecule has 0 aromatic carbocycles. The van der Waals surface area contributed by atoms with Crippen LogP contribution in [0.2, 0.25) is 0 Å². The normalized spacial score (nSPS) is 32.6. The maximum absolute atomic E-state index is 3.03. The third kappa shape index (κ3) is 1.96. The van der Waals surface area contributed by atoms with Gasteiger partial charge in [-0.25, -0.2) is 0 Å². The number of hydrogen-bond acceptors (Lipinski definition) is 0. The highest BCUT2D eigenvalue weighted by atomic mass is 31.0. The summed E-state index contributed by atoms with van der Waals surface area (Å²) in [6.45, 7) is 11.5. The second-order valence-corrected chi connectivity index (χ2v) is 5.85. The molecule has 0 fully saturated rings. The summed E-state index contributed by atoms with van der Waals surface area (Å²) < 4.78 is 0. The standard InChI is InChI=1S/C13H23P/c1-9(2)11-7-6-8-13(5,10(3)4)12(11)14/h6-10,12H,14H2,1-5H3. The van der Waals surface area contributed by atoms with E-state index in [1.807, 2.05) is 0 Å². The van der Waals surface area contributed by atoms with Crippen LogP contribution in [0.5, 0.6) is 0 Å². The van der Waals surface area contributed by atoms with Gasteiger partial charge in [0.25, 0.3) is 0 Å². The highest BCUT2D eigenvalue weighted by Gasteiger charge is 2.36. The first-order valence-electron chi connectivity index (χ1n) is 5.54. The van der Waals surface area contributed by atoms with Gasteiger partial charge in [-0.15, -0.1) is 9.24 Å². The first-order chi connectivity index (χ1) is 6.39. The summed E-state index contributed by atoms with van der Waals surface area (Å²) in [6, 6.07) is 0. The monoisotopic (exact) mass is 210 g/mol. The minimum atomic E-state index is 0.305. The van der Waals surface area contributed by atoms with E-state index in [1.165, 1.54) is 0 Å². The predicted octanol–water partition coefficient (Wildman–Crippen LogP) is 4.04. The minimum Gasteiger partial charge on any atom is -0.129 e. The molecule has 0 aromatic rings. The highest BCUT2D eigenvalue weighted by molar-refractivity contribution is 7.18. The van der Waals surface area contributed by atoms with Gasteiger partial charge in [0.05, 0.1) is 0 Å². The molecule has 3 atom stereocenters. The van der Waals surface area contributed by atoms with Gasteiger partial charge < -0.3 is 0 Å². The Hall–Kier alpha value is -0.0900. The van der Waals surface area contributed by atoms with Crippen molar-refractivity contribution in [3.05, 3.63) is 23.8 Å². The smallest absolute Gasteiger partial charge is 0.00407 e. The second kappa shape index (κ2) is 4.19. The topological polar surface area (TPSA) is 0 Å². The summed E-state index contributed by atoms with van der Waals surface area (Å²) in [7, 11) is 3.03. The molecule has 0 aromatic heterocycles. The van der Waals surface area contributed by atoms with E-state index in [2.05, 4.69) is 62.1 Å². The Balaban J connectivity index is 2.99. The van der Waals surface area contributed by atoms with E-state index in [0.29, 0.717) is 22.9 Å². The van der Waals surface area contributed by atoms with Crippen molar-refractivity contribution in [2.24, 2.45) is 17.3 Å². The average molecular weight is 210 g/mol. The van der Waals surface area contributed by atoms with Crippen LogP contribution in [0.4, 0.5) is 0 Å². The van der Waals surface area contributed by atoms with Crippen LogP contribution in [-0.4, -0.2) is 5.66 Å². The van der Waals surface area contributed by atoms with Gasteiger partial charge >= 0.3 is 0 Å². The fourth-order valence-electron chi connectivity index (χ4n) is 2.04. The lowest BCUT2D eigenvalue weighted by Gasteiger charge is -2.41. The Morgan fingerprint density at radius 3 is 2.29 bits per heavy atom. The van der Waals surface area contributed by atoms with Crippen LogP contribution in [0.3, 0.4) is 0 Å². The molecular formula is C13H23P. The predicted molar refractivity (Wildman–Crippen MR) is 68.5 cm³/mol. The quantitative estimate of drug-likeness (QED) is 0.603. The molecule has 0 aliphatic heterocycles. The van der Waals surface area contributed by atoms with Gasteiger partial charge in [0.15, 0.2) is 0 Å². The van der Waals surface area contributed by atoms with Crippen molar-refractivity contribution in [2.45, 2.75) is 40.3 Å². The van der Waals surface area contributed by atoms with Crippen molar-refractivity contribution < 1.29 is 0 Å². The molecule has 1 rings (SSSR count). The van der Waals surface area contributed by atoms with Crippen LogP contribution >= 0.6 is 9.24 Å². The van der Waals surface area contributed by atoms with Crippen molar-refractivity contribution in [1.29, 1.82) is 0 Å². The van der Waals surface area contributed by atoms with E-state index in [-0.39, 0.29) is 0 Å². The summed E-state index contributed by atoms with van der Waals surface area (Å²) in [5.74, 6) is 1.34. The van der Waals surface area contributed by atoms with Crippen molar-refractivity contribution >= 4 is 9.24 Å². The van der Waals surface area contributed by atoms with Crippen molar-refractivity contribution in [2.75, 3.05) is 0 Å². The van der Waals surface area contributed by atoms with Crippen LogP contribution in [0.1, 0.15) is 34.6 Å². The zero-order valence-electron chi connectivity index (χ0n) is 10.0. The molecule has 0 saturated heterocycles. The maximum atomic E-state index is 3.03. The molecule has 0 bridgehead atoms. The largest absolute Gasteiger partial charge is 0.129 e. The van der Waals surface area contributed by atoms with Gasteiger partial charge in [-0.05, 0) is 17.3 Å². The Kier molecular flexibility index (Phi) is 3.58. The third-order valence-corrected chi connectivity index (χ3v) is 4.79. The second-order valence-electron chi connectivity index (χ2n) is 5.18. The fourth-order valence-corrected chi connectivity index (χ4v) is 3.03. The molecule has 1 aliphatic rings.